The molecule has 1 unspecified atom stereocenters. The summed E-state index contributed by atoms with van der Waals surface area (Å²) >= 11 is 1.55. The van der Waals surface area contributed by atoms with Gasteiger partial charge in [0.05, 0.1) is 4.75 Å². The Kier molecular flexibility index (Phi) is 2.61. The molecule has 1 atom stereocenters. The molecule has 0 radical (unpaired) electrons. The van der Waals surface area contributed by atoms with E-state index in [0.29, 0.717) is 0 Å². The van der Waals surface area contributed by atoms with Crippen molar-refractivity contribution >= 4 is 17.5 Å². The summed E-state index contributed by atoms with van der Waals surface area (Å²) < 4.78 is -0.297. The van der Waals surface area contributed by atoms with E-state index in [0.717, 1.165) is 11.3 Å². The van der Waals surface area contributed by atoms with Gasteiger partial charge in [-0.2, -0.15) is 0 Å². The lowest BCUT2D eigenvalue weighted by Crippen LogP contribution is -2.30. The van der Waals surface area contributed by atoms with Gasteiger partial charge in [0.1, 0.15) is 0 Å². The van der Waals surface area contributed by atoms with Crippen LogP contribution in [0.25, 0.3) is 0 Å². The third-order valence-electron chi connectivity index (χ3n) is 2.06. The van der Waals surface area contributed by atoms with Gasteiger partial charge < -0.3 is 0 Å². The van der Waals surface area contributed by atoms with E-state index in [1.165, 1.54) is 6.08 Å². The molecule has 0 fully saturated rings. The van der Waals surface area contributed by atoms with E-state index in [9.17, 15) is 4.79 Å². The Hall–Kier alpha value is -0.720. The van der Waals surface area contributed by atoms with Crippen LogP contribution in [0.1, 0.15) is 20.3 Å². The summed E-state index contributed by atoms with van der Waals surface area (Å²) in [4.78, 5) is 12.4. The van der Waals surface area contributed by atoms with Crippen LogP contribution in [0, 0.1) is 0 Å². The zero-order valence-electron chi connectivity index (χ0n) is 7.39. The van der Waals surface area contributed by atoms with E-state index >= 15 is 0 Å². The summed E-state index contributed by atoms with van der Waals surface area (Å²) in [5, 5.41) is 0. The molecule has 1 aliphatic rings. The molecule has 12 heavy (non-hydrogen) atoms. The molecule has 0 spiro atoms. The first-order valence-electron chi connectivity index (χ1n) is 3.95. The minimum atomic E-state index is -0.297. The first-order chi connectivity index (χ1) is 5.62. The molecule has 1 aliphatic heterocycles. The van der Waals surface area contributed by atoms with Crippen LogP contribution in [-0.2, 0) is 4.79 Å². The highest BCUT2D eigenvalue weighted by atomic mass is 32.2. The molecular weight excluding hydrogens is 168 g/mol. The fourth-order valence-electron chi connectivity index (χ4n) is 0.959. The molecule has 64 valence electrons. The van der Waals surface area contributed by atoms with Crippen LogP contribution < -0.4 is 0 Å². The fraction of sp³-hybridized carbons (Fsp3) is 0.400. The third kappa shape index (κ3) is 1.55. The molecule has 2 heteroatoms. The minimum Gasteiger partial charge on any atom is -0.293 e. The number of hydrogen-bond acceptors (Lipinski definition) is 2. The fourth-order valence-corrected chi connectivity index (χ4v) is 1.95. The van der Waals surface area contributed by atoms with Gasteiger partial charge in [-0.1, -0.05) is 13.5 Å². The van der Waals surface area contributed by atoms with Gasteiger partial charge in [-0.3, -0.25) is 4.79 Å². The first kappa shape index (κ1) is 9.37. The predicted molar refractivity (Wildman–Crippen MR) is 53.1 cm³/mol. The minimum absolute atomic E-state index is 0.153. The molecule has 0 aromatic heterocycles. The van der Waals surface area contributed by atoms with Gasteiger partial charge in [-0.05, 0) is 19.4 Å². The zero-order valence-corrected chi connectivity index (χ0v) is 8.20. The SMILES string of the molecule is C=CC1=C=CC(=O)C(C)(CC)S1. The van der Waals surface area contributed by atoms with Crippen molar-refractivity contribution in [3.05, 3.63) is 29.4 Å². The van der Waals surface area contributed by atoms with Gasteiger partial charge in [-0.25, -0.2) is 0 Å². The molecule has 1 heterocycles. The van der Waals surface area contributed by atoms with E-state index in [1.807, 2.05) is 13.8 Å². The maximum atomic E-state index is 11.4. The molecule has 0 N–H and O–H groups in total. The Morgan fingerprint density at radius 2 is 2.50 bits per heavy atom. The van der Waals surface area contributed by atoms with E-state index < -0.39 is 0 Å². The molecule has 0 saturated heterocycles. The second-order valence-corrected chi connectivity index (χ2v) is 4.45. The van der Waals surface area contributed by atoms with Crippen LogP contribution in [0.4, 0.5) is 0 Å². The Labute approximate surface area is 77.2 Å². The summed E-state index contributed by atoms with van der Waals surface area (Å²) in [6, 6.07) is 0. The van der Waals surface area contributed by atoms with Crippen molar-refractivity contribution in [1.82, 2.24) is 0 Å². The lowest BCUT2D eigenvalue weighted by atomic mass is 10.0. The van der Waals surface area contributed by atoms with Gasteiger partial charge in [-0.15, -0.1) is 17.5 Å². The van der Waals surface area contributed by atoms with Gasteiger partial charge in [0, 0.05) is 11.0 Å². The monoisotopic (exact) mass is 180 g/mol. The molecule has 0 amide bonds. The van der Waals surface area contributed by atoms with Gasteiger partial charge in [0.15, 0.2) is 5.78 Å². The second kappa shape index (κ2) is 3.34. The summed E-state index contributed by atoms with van der Waals surface area (Å²) in [7, 11) is 0. The van der Waals surface area contributed by atoms with Crippen LogP contribution in [0.3, 0.4) is 0 Å². The average Bonchev–Trinajstić information content (AvgIpc) is 2.10. The highest BCUT2D eigenvalue weighted by Gasteiger charge is 2.32. The summed E-state index contributed by atoms with van der Waals surface area (Å²) in [5.74, 6) is 0.153. The molecule has 0 saturated carbocycles. The molecule has 1 nitrogen and oxygen atoms in total. The lowest BCUT2D eigenvalue weighted by Gasteiger charge is -2.25. The van der Waals surface area contributed by atoms with Crippen LogP contribution in [0.2, 0.25) is 0 Å². The van der Waals surface area contributed by atoms with Crippen molar-refractivity contribution in [2.24, 2.45) is 0 Å². The van der Waals surface area contributed by atoms with Crippen LogP contribution in [0.15, 0.2) is 29.4 Å². The Morgan fingerprint density at radius 3 is 3.00 bits per heavy atom. The lowest BCUT2D eigenvalue weighted by molar-refractivity contribution is -0.116. The third-order valence-corrected chi connectivity index (χ3v) is 3.51. The Balaban J connectivity index is 3.00. The molecule has 0 aliphatic carbocycles. The molecule has 0 aromatic rings. The molecule has 1 rings (SSSR count). The van der Waals surface area contributed by atoms with Crippen LogP contribution in [-0.4, -0.2) is 10.5 Å². The largest absolute Gasteiger partial charge is 0.293 e. The molecule has 0 aromatic carbocycles. The van der Waals surface area contributed by atoms with Crippen molar-refractivity contribution < 1.29 is 4.79 Å². The smallest absolute Gasteiger partial charge is 0.179 e. The number of thioether (sulfide) groups is 1. The maximum Gasteiger partial charge on any atom is 0.179 e. The van der Waals surface area contributed by atoms with E-state index in [-0.39, 0.29) is 10.5 Å². The normalized spacial score (nSPS) is 28.5. The van der Waals surface area contributed by atoms with Gasteiger partial charge >= 0.3 is 0 Å². The molecule has 0 bridgehead atoms. The standard InChI is InChI=1S/C10H12OS/c1-4-8-6-7-9(11)10(3,5-2)12-8/h4,7H,1,5H2,2-3H3. The number of carbonyl (C=O) groups is 1. The van der Waals surface area contributed by atoms with E-state index in [2.05, 4.69) is 12.3 Å². The maximum absolute atomic E-state index is 11.4. The van der Waals surface area contributed by atoms with Crippen molar-refractivity contribution in [2.45, 2.75) is 25.0 Å². The zero-order chi connectivity index (χ0) is 9.19. The van der Waals surface area contributed by atoms with E-state index in [4.69, 9.17) is 0 Å². The first-order valence-corrected chi connectivity index (χ1v) is 4.76. The number of allylic oxidation sites excluding steroid dienone is 1. The summed E-state index contributed by atoms with van der Waals surface area (Å²) in [6.07, 6.45) is 4.10. The van der Waals surface area contributed by atoms with Crippen molar-refractivity contribution in [1.29, 1.82) is 0 Å². The second-order valence-electron chi connectivity index (χ2n) is 2.91. The number of ketones is 1. The highest BCUT2D eigenvalue weighted by molar-refractivity contribution is 8.05. The predicted octanol–water partition coefficient (Wildman–Crippen LogP) is 2.70. The van der Waals surface area contributed by atoms with Gasteiger partial charge in [0.2, 0.25) is 0 Å². The van der Waals surface area contributed by atoms with Crippen LogP contribution >= 0.6 is 11.8 Å². The quantitative estimate of drug-likeness (QED) is 0.608. The number of hydrogen-bond donors (Lipinski definition) is 0. The summed E-state index contributed by atoms with van der Waals surface area (Å²) in [5.41, 5.74) is 2.90. The van der Waals surface area contributed by atoms with Gasteiger partial charge in [0.25, 0.3) is 0 Å². The van der Waals surface area contributed by atoms with E-state index in [1.54, 1.807) is 17.8 Å². The Bertz CT molecular complexity index is 284. The number of rotatable bonds is 2. The number of carbonyl (C=O) groups excluding carboxylic acids is 1. The average molecular weight is 180 g/mol. The van der Waals surface area contributed by atoms with Crippen LogP contribution in [0.5, 0.6) is 0 Å². The summed E-state index contributed by atoms with van der Waals surface area (Å²) in [6.45, 7) is 7.64. The van der Waals surface area contributed by atoms with Crippen molar-refractivity contribution in [3.8, 4) is 0 Å². The molecular formula is C10H12OS. The Morgan fingerprint density at radius 1 is 1.83 bits per heavy atom. The topological polar surface area (TPSA) is 17.1 Å². The highest BCUT2D eigenvalue weighted by Crippen LogP contribution is 2.38. The van der Waals surface area contributed by atoms with Crippen molar-refractivity contribution in [3.63, 3.8) is 0 Å². The van der Waals surface area contributed by atoms with Crippen molar-refractivity contribution in [2.75, 3.05) is 0 Å².